The molecule has 0 aromatic rings. The Labute approximate surface area is 113 Å². The maximum absolute atomic E-state index is 9.71. The van der Waals surface area contributed by atoms with E-state index in [0.717, 1.165) is 6.42 Å². The third-order valence-electron chi connectivity index (χ3n) is 3.13. The van der Waals surface area contributed by atoms with Crippen molar-refractivity contribution in [3.05, 3.63) is 0 Å². The van der Waals surface area contributed by atoms with Crippen molar-refractivity contribution in [2.24, 2.45) is 0 Å². The summed E-state index contributed by atoms with van der Waals surface area (Å²) in [5.74, 6) is 0. The van der Waals surface area contributed by atoms with Crippen molar-refractivity contribution in [3.8, 4) is 0 Å². The molecule has 0 amide bonds. The third-order valence-corrected chi connectivity index (χ3v) is 7.00. The van der Waals surface area contributed by atoms with Gasteiger partial charge in [0.05, 0.1) is 13.8 Å². The molecule has 17 heavy (non-hydrogen) atoms. The maximum atomic E-state index is 9.71. The number of unbranched alkanes of at least 4 members (excludes halogenated alkanes) is 5. The first-order chi connectivity index (χ1) is 8.13. The molecular weight excluding hydrogens is 248 g/mol. The number of hydrogen-bond acceptors (Lipinski definition) is 3. The van der Waals surface area contributed by atoms with Gasteiger partial charge >= 0.3 is 0 Å². The molecule has 102 valence electrons. The van der Waals surface area contributed by atoms with E-state index in [1.165, 1.54) is 38.5 Å². The molecule has 0 aliphatic carbocycles. The van der Waals surface area contributed by atoms with Crippen molar-refractivity contribution in [1.29, 1.82) is 0 Å². The van der Waals surface area contributed by atoms with Crippen molar-refractivity contribution < 1.29 is 10.2 Å². The summed E-state index contributed by atoms with van der Waals surface area (Å²) in [6, 6.07) is 0. The Hall–Kier alpha value is 0.197. The van der Waals surface area contributed by atoms with E-state index in [9.17, 15) is 5.11 Å². The Morgan fingerprint density at radius 2 is 1.76 bits per heavy atom. The average molecular weight is 277 g/mol. The summed E-state index contributed by atoms with van der Waals surface area (Å²) in [4.78, 5) is 0.317. The molecule has 0 rings (SSSR count). The zero-order valence-electron chi connectivity index (χ0n) is 11.3. The highest BCUT2D eigenvalue weighted by Crippen LogP contribution is 2.12. The van der Waals surface area contributed by atoms with Gasteiger partial charge in [0.15, 0.2) is 0 Å². The Bertz CT molecular complexity index is 219. The summed E-state index contributed by atoms with van der Waals surface area (Å²) in [6.07, 6.45) is 9.33. The van der Waals surface area contributed by atoms with Crippen molar-refractivity contribution in [2.75, 3.05) is 6.61 Å². The molecule has 1 atom stereocenters. The summed E-state index contributed by atoms with van der Waals surface area (Å²) in [6.45, 7) is 4.37. The molecule has 2 nitrogen and oxygen atoms in total. The minimum atomic E-state index is -0.928. The molecule has 2 N–H and O–H groups in total. The second-order valence-corrected chi connectivity index (χ2v) is 8.42. The van der Waals surface area contributed by atoms with Crippen LogP contribution >= 0.6 is 12.6 Å². The lowest BCUT2D eigenvalue weighted by atomic mass is 10.1. The van der Waals surface area contributed by atoms with E-state index in [-0.39, 0.29) is 6.61 Å². The van der Waals surface area contributed by atoms with E-state index in [2.05, 4.69) is 26.1 Å². The quantitative estimate of drug-likeness (QED) is 0.326. The monoisotopic (exact) mass is 276 g/mol. The van der Waals surface area contributed by atoms with Crippen LogP contribution in [0.25, 0.3) is 0 Å². The molecule has 0 spiro atoms. The van der Waals surface area contributed by atoms with Crippen LogP contribution in [0.1, 0.15) is 58.3 Å². The van der Waals surface area contributed by atoms with Gasteiger partial charge in [-0.25, -0.2) is 0 Å². The fourth-order valence-electron chi connectivity index (χ4n) is 1.83. The molecule has 0 aromatic carbocycles. The van der Waals surface area contributed by atoms with Crippen molar-refractivity contribution >= 4 is 26.4 Å². The van der Waals surface area contributed by atoms with E-state index in [4.69, 9.17) is 5.11 Å². The van der Waals surface area contributed by atoms with E-state index < -0.39 is 8.41 Å². The Balaban J connectivity index is 3.70. The van der Waals surface area contributed by atoms with Crippen LogP contribution in [0.2, 0.25) is 6.55 Å². The van der Waals surface area contributed by atoms with Gasteiger partial charge in [0.25, 0.3) is 0 Å². The highest BCUT2D eigenvalue weighted by molar-refractivity contribution is 7.82. The number of aliphatic hydroxyl groups excluding tert-OH is 2. The van der Waals surface area contributed by atoms with Gasteiger partial charge in [0, 0.05) is 17.9 Å². The fraction of sp³-hybridized carbons (Fsp3) is 0.923. The lowest BCUT2D eigenvalue weighted by Crippen LogP contribution is -2.24. The highest BCUT2D eigenvalue weighted by atomic mass is 32.1. The second-order valence-electron chi connectivity index (χ2n) is 4.68. The van der Waals surface area contributed by atoms with Gasteiger partial charge in [0.2, 0.25) is 0 Å². The first kappa shape index (κ1) is 17.2. The van der Waals surface area contributed by atoms with Crippen molar-refractivity contribution in [3.63, 3.8) is 0 Å². The van der Waals surface area contributed by atoms with Gasteiger partial charge < -0.3 is 10.2 Å². The predicted molar refractivity (Wildman–Crippen MR) is 81.0 cm³/mol. The molecule has 0 heterocycles. The Kier molecular flexibility index (Phi) is 11.4. The third kappa shape index (κ3) is 8.86. The highest BCUT2D eigenvalue weighted by Gasteiger charge is 2.10. The van der Waals surface area contributed by atoms with E-state index in [1.54, 1.807) is 0 Å². The molecule has 0 saturated carbocycles. The summed E-state index contributed by atoms with van der Waals surface area (Å²) >= 11 is 4.58. The average Bonchev–Trinajstić information content (AvgIpc) is 2.32. The Morgan fingerprint density at radius 1 is 1.18 bits per heavy atom. The van der Waals surface area contributed by atoms with Gasteiger partial charge in [-0.2, -0.15) is 12.6 Å². The normalized spacial score (nSPS) is 14.6. The summed E-state index contributed by atoms with van der Waals surface area (Å²) < 4.78 is 0. The lowest BCUT2D eigenvalue weighted by Gasteiger charge is -2.12. The molecule has 4 heteroatoms. The molecule has 1 unspecified atom stereocenters. The largest absolute Gasteiger partial charge is 0.518 e. The summed E-state index contributed by atoms with van der Waals surface area (Å²) in [7, 11) is -0.928. The smallest absolute Gasteiger partial charge is 0.0699 e. The Morgan fingerprint density at radius 3 is 2.35 bits per heavy atom. The molecule has 0 aliphatic heterocycles. The number of rotatable bonds is 10. The summed E-state index contributed by atoms with van der Waals surface area (Å²) in [5.41, 5.74) is 0. The first-order valence-electron chi connectivity index (χ1n) is 6.81. The van der Waals surface area contributed by atoms with Crippen LogP contribution in [-0.2, 0) is 0 Å². The second kappa shape index (κ2) is 11.3. The number of hydrogen-bond donors (Lipinski definition) is 3. The minimum Gasteiger partial charge on any atom is -0.518 e. The van der Waals surface area contributed by atoms with Crippen molar-refractivity contribution in [1.82, 2.24) is 0 Å². The summed E-state index contributed by atoms with van der Waals surface area (Å²) in [5, 5.41) is 19.0. The molecular formula is C13H28O2SSi. The van der Waals surface area contributed by atoms with Gasteiger partial charge in [-0.3, -0.25) is 0 Å². The SMILES string of the molecule is CCCCCCCCC(S)/[Si](C)=C(\O)CCO. The predicted octanol–water partition coefficient (Wildman–Crippen LogP) is 3.17. The maximum Gasteiger partial charge on any atom is 0.0699 e. The molecule has 0 bridgehead atoms. The zero-order chi connectivity index (χ0) is 13.1. The lowest BCUT2D eigenvalue weighted by molar-refractivity contribution is 0.300. The van der Waals surface area contributed by atoms with Gasteiger partial charge in [0.1, 0.15) is 0 Å². The first-order valence-corrected chi connectivity index (χ1v) is 9.40. The van der Waals surface area contributed by atoms with Crippen LogP contribution in [0.4, 0.5) is 0 Å². The van der Waals surface area contributed by atoms with Gasteiger partial charge in [-0.15, -0.1) is 0 Å². The van der Waals surface area contributed by atoms with Crippen LogP contribution in [0.5, 0.6) is 0 Å². The molecule has 0 radical (unpaired) electrons. The van der Waals surface area contributed by atoms with Crippen LogP contribution in [-0.4, -0.2) is 35.5 Å². The molecule has 0 aromatic heterocycles. The minimum absolute atomic E-state index is 0.0470. The van der Waals surface area contributed by atoms with E-state index >= 15 is 0 Å². The van der Waals surface area contributed by atoms with E-state index in [1.807, 2.05) is 0 Å². The van der Waals surface area contributed by atoms with Crippen LogP contribution in [0.15, 0.2) is 0 Å². The topological polar surface area (TPSA) is 40.5 Å². The number of thiol groups is 1. The number of aliphatic hydroxyl groups is 2. The van der Waals surface area contributed by atoms with Gasteiger partial charge in [-0.1, -0.05) is 52.0 Å². The van der Waals surface area contributed by atoms with Crippen LogP contribution in [0, 0.1) is 0 Å². The molecule has 0 saturated heterocycles. The molecule has 0 aliphatic rings. The fourth-order valence-corrected chi connectivity index (χ4v) is 3.99. The molecule has 0 fully saturated rings. The zero-order valence-corrected chi connectivity index (χ0v) is 13.2. The van der Waals surface area contributed by atoms with E-state index in [0.29, 0.717) is 16.6 Å². The standard InChI is InChI=1S/C13H28O2SSi/c1-3-4-5-6-7-8-9-13(16)17(2)12(15)10-11-14/h13-16H,3-11H2,1-2H3/b17-12-. The van der Waals surface area contributed by atoms with Crippen LogP contribution in [0.3, 0.4) is 0 Å². The van der Waals surface area contributed by atoms with Gasteiger partial charge in [-0.05, 0) is 6.42 Å². The van der Waals surface area contributed by atoms with Crippen LogP contribution < -0.4 is 0 Å². The van der Waals surface area contributed by atoms with Crippen molar-refractivity contribution in [2.45, 2.75) is 69.7 Å².